The average Bonchev–Trinajstić information content (AvgIpc) is 1.14. The highest BCUT2D eigenvalue weighted by Crippen LogP contribution is 2.27. The van der Waals surface area contributed by atoms with Gasteiger partial charge in [0.25, 0.3) is 5.91 Å². The summed E-state index contributed by atoms with van der Waals surface area (Å²) in [5, 5.41) is 23.3. The summed E-state index contributed by atoms with van der Waals surface area (Å²) in [7, 11) is 9.82. The second-order valence-corrected chi connectivity index (χ2v) is 28.4. The number of hydrogen-bond acceptors (Lipinski definition) is 13. The van der Waals surface area contributed by atoms with Crippen molar-refractivity contribution >= 4 is 65.0 Å². The van der Waals surface area contributed by atoms with E-state index in [-0.39, 0.29) is 62.2 Å². The highest BCUT2D eigenvalue weighted by Gasteiger charge is 2.47. The quantitative estimate of drug-likeness (QED) is 0.134. The standard InChI is InChI=1S/C66H119N11O13/c1-28-30-31-42(15)53(78)52-57(82)69-45(29-2)59(84)77(27)65(90-66(18,19)20)64(89)72(22)47(33-37(5)6)56(81)70-50(40(11)12)62(87)71(21)46(32-36(3)4)55(80)67-43(16)54(79)68-44(17)58(83)73(23)48(34-38(7)8)60(85)74(24)49(35-39(9)10)61(86)75(25)51(41(13)14)63(88)76(52)26/h28,30,36-53,65,78H,29,31-35H2,1-27H3,(H,67,80)(H,68,79)(H,69,82)(H,70,81)/b30-28+/t42-,43+,44-,45+,46+,47+,48+,49+,50+,51+,52+,53-,65-/m1/s1. The van der Waals surface area contributed by atoms with Gasteiger partial charge in [-0.15, -0.1) is 0 Å². The molecular formula is C66H119N11O13. The van der Waals surface area contributed by atoms with Crippen molar-refractivity contribution < 1.29 is 62.6 Å². The van der Waals surface area contributed by atoms with Crippen LogP contribution in [0.1, 0.15) is 177 Å². The van der Waals surface area contributed by atoms with E-state index in [2.05, 4.69) is 21.3 Å². The molecule has 0 aromatic carbocycles. The number of carbonyl (C=O) groups excluding carboxylic acids is 11. The molecule has 1 heterocycles. The first-order valence-electron chi connectivity index (χ1n) is 32.4. The highest BCUT2D eigenvalue weighted by atomic mass is 16.5. The van der Waals surface area contributed by atoms with Gasteiger partial charge in [0, 0.05) is 49.3 Å². The molecule has 13 atom stereocenters. The molecule has 0 aliphatic carbocycles. The van der Waals surface area contributed by atoms with E-state index in [4.69, 9.17) is 4.74 Å². The number of hydrogen-bond donors (Lipinski definition) is 5. The normalized spacial score (nSPS) is 27.1. The van der Waals surface area contributed by atoms with E-state index in [1.165, 1.54) is 82.8 Å². The van der Waals surface area contributed by atoms with Crippen LogP contribution in [0.4, 0.5) is 0 Å². The maximum Gasteiger partial charge on any atom is 0.273 e. The van der Waals surface area contributed by atoms with Crippen molar-refractivity contribution in [3.8, 4) is 0 Å². The maximum atomic E-state index is 15.3. The molecule has 0 radical (unpaired) electrons. The molecule has 90 heavy (non-hydrogen) atoms. The molecule has 1 aliphatic rings. The summed E-state index contributed by atoms with van der Waals surface area (Å²) in [5.41, 5.74) is -1.08. The van der Waals surface area contributed by atoms with Crippen LogP contribution in [0.2, 0.25) is 0 Å². The van der Waals surface area contributed by atoms with Crippen molar-refractivity contribution in [2.75, 3.05) is 49.3 Å². The number of amides is 11. The molecule has 24 nitrogen and oxygen atoms in total. The van der Waals surface area contributed by atoms with E-state index in [9.17, 15) is 33.9 Å². The molecule has 516 valence electrons. The van der Waals surface area contributed by atoms with Crippen LogP contribution >= 0.6 is 0 Å². The van der Waals surface area contributed by atoms with Gasteiger partial charge in [0.15, 0.2) is 0 Å². The number of nitrogens with one attached hydrogen (secondary N) is 4. The van der Waals surface area contributed by atoms with Crippen LogP contribution in [0.3, 0.4) is 0 Å². The van der Waals surface area contributed by atoms with Gasteiger partial charge < -0.3 is 65.4 Å². The molecule has 0 unspecified atom stereocenters. The Balaban J connectivity index is 4.52. The van der Waals surface area contributed by atoms with E-state index in [0.29, 0.717) is 0 Å². The Kier molecular flexibility index (Phi) is 32.9. The Morgan fingerprint density at radius 3 is 1.28 bits per heavy atom. The minimum absolute atomic E-state index is 0.0444. The third-order valence-corrected chi connectivity index (χ3v) is 16.7. The maximum absolute atomic E-state index is 15.3. The fraction of sp³-hybridized carbons (Fsp3) is 0.803. The fourth-order valence-corrected chi connectivity index (χ4v) is 11.2. The van der Waals surface area contributed by atoms with E-state index >= 15 is 24.0 Å². The van der Waals surface area contributed by atoms with Gasteiger partial charge in [-0.25, -0.2) is 0 Å². The fourth-order valence-electron chi connectivity index (χ4n) is 11.2. The van der Waals surface area contributed by atoms with Gasteiger partial charge in [-0.1, -0.05) is 109 Å². The first-order valence-corrected chi connectivity index (χ1v) is 32.4. The Morgan fingerprint density at radius 2 is 0.856 bits per heavy atom. The SMILES string of the molecule is C/C=C/C[C@@H](C)[C@@H](O)[C@H]1C(=O)N[C@@H](CC)C(=O)N(C)[C@H](OC(C)(C)C)C(=O)N(C)[C@@H](CC(C)C)C(=O)N[C@@H](C(C)C)C(=O)N(C)[C@@H](CC(C)C)C(=O)N[C@@H](C)C(=O)N[C@H](C)C(=O)N(C)[C@@H](CC(C)C)C(=O)N(C)[C@@H](CC(C)C)C(=O)N(C)[C@@H](C(C)C)C(=O)N1C. The number of carbonyl (C=O) groups is 11. The van der Waals surface area contributed by atoms with E-state index in [1.807, 2.05) is 55.4 Å². The number of aliphatic hydroxyl groups is 1. The van der Waals surface area contributed by atoms with Crippen LogP contribution in [0.15, 0.2) is 12.2 Å². The molecule has 1 rings (SSSR count). The lowest BCUT2D eigenvalue weighted by Gasteiger charge is -2.42. The van der Waals surface area contributed by atoms with Gasteiger partial charge in [0.2, 0.25) is 65.3 Å². The summed E-state index contributed by atoms with van der Waals surface area (Å²) < 4.78 is 6.36. The number of allylic oxidation sites excluding steroid dienone is 2. The predicted molar refractivity (Wildman–Crippen MR) is 348 cm³/mol. The Labute approximate surface area is 539 Å². The van der Waals surface area contributed by atoms with Crippen LogP contribution in [-0.2, 0) is 57.5 Å². The molecule has 0 aromatic heterocycles. The summed E-state index contributed by atoms with van der Waals surface area (Å²) in [4.78, 5) is 171. The lowest BCUT2D eigenvalue weighted by Crippen LogP contribution is -2.64. The van der Waals surface area contributed by atoms with Gasteiger partial charge in [0.05, 0.1) is 11.7 Å². The largest absolute Gasteiger partial charge is 0.390 e. The van der Waals surface area contributed by atoms with E-state index in [0.717, 1.165) is 14.7 Å². The first kappa shape index (κ1) is 81.8. The summed E-state index contributed by atoms with van der Waals surface area (Å²) in [5.74, 6) is -10.4. The average molecular weight is 1270 g/mol. The molecule has 0 saturated carbocycles. The molecule has 11 amide bonds. The van der Waals surface area contributed by atoms with Crippen molar-refractivity contribution in [1.29, 1.82) is 0 Å². The van der Waals surface area contributed by atoms with Crippen molar-refractivity contribution in [2.24, 2.45) is 41.4 Å². The van der Waals surface area contributed by atoms with Crippen molar-refractivity contribution in [3.63, 3.8) is 0 Å². The number of nitrogens with zero attached hydrogens (tertiary/aromatic N) is 7. The third-order valence-electron chi connectivity index (χ3n) is 16.7. The van der Waals surface area contributed by atoms with Gasteiger partial charge >= 0.3 is 0 Å². The predicted octanol–water partition coefficient (Wildman–Crippen LogP) is 4.41. The molecule has 0 bridgehead atoms. The lowest BCUT2D eigenvalue weighted by molar-refractivity contribution is -0.181. The second kappa shape index (κ2) is 36.2. The first-order chi connectivity index (χ1) is 41.3. The van der Waals surface area contributed by atoms with Crippen molar-refractivity contribution in [2.45, 2.75) is 255 Å². The minimum Gasteiger partial charge on any atom is -0.390 e. The molecule has 1 saturated heterocycles. The van der Waals surface area contributed by atoms with Crippen molar-refractivity contribution in [1.82, 2.24) is 55.6 Å². The highest BCUT2D eigenvalue weighted by molar-refractivity contribution is 6.00. The zero-order chi connectivity index (χ0) is 70.1. The second-order valence-electron chi connectivity index (χ2n) is 28.4. The smallest absolute Gasteiger partial charge is 0.273 e. The van der Waals surface area contributed by atoms with Gasteiger partial charge in [-0.05, 0) is 121 Å². The number of aliphatic hydroxyl groups excluding tert-OH is 1. The monoisotopic (exact) mass is 1270 g/mol. The summed E-state index contributed by atoms with van der Waals surface area (Å²) in [6.07, 6.45) is 1.10. The van der Waals surface area contributed by atoms with Crippen LogP contribution in [-0.4, -0.2) is 232 Å². The van der Waals surface area contributed by atoms with E-state index < -0.39 is 161 Å². The van der Waals surface area contributed by atoms with Crippen LogP contribution < -0.4 is 21.3 Å². The molecule has 0 aromatic rings. The molecule has 24 heteroatoms. The third kappa shape index (κ3) is 22.9. The van der Waals surface area contributed by atoms with Gasteiger partial charge in [0.1, 0.15) is 60.4 Å². The molecule has 1 aliphatic heterocycles. The Bertz CT molecular complexity index is 2480. The minimum atomic E-state index is -1.70. The summed E-state index contributed by atoms with van der Waals surface area (Å²) >= 11 is 0. The number of likely N-dealkylation sites (N-methyl/N-ethyl adjacent to an activating group) is 7. The molecule has 1 fully saturated rings. The zero-order valence-electron chi connectivity index (χ0n) is 59.8. The molecule has 0 spiro atoms. The molecular weight excluding hydrogens is 1150 g/mol. The van der Waals surface area contributed by atoms with E-state index in [1.54, 1.807) is 81.4 Å². The van der Waals surface area contributed by atoms with Crippen LogP contribution in [0.5, 0.6) is 0 Å². The summed E-state index contributed by atoms with van der Waals surface area (Å²) in [6, 6.07) is -12.8. The van der Waals surface area contributed by atoms with Crippen LogP contribution in [0, 0.1) is 41.4 Å². The Morgan fingerprint density at radius 1 is 0.456 bits per heavy atom. The zero-order valence-corrected chi connectivity index (χ0v) is 59.8. The number of ether oxygens (including phenoxy) is 1. The topological polar surface area (TPSA) is 288 Å². The Hall–Kier alpha value is -6.17. The van der Waals surface area contributed by atoms with Crippen molar-refractivity contribution in [3.05, 3.63) is 12.2 Å². The summed E-state index contributed by atoms with van der Waals surface area (Å²) in [6.45, 7) is 34.8. The van der Waals surface area contributed by atoms with Gasteiger partial charge in [-0.3, -0.25) is 52.7 Å². The number of rotatable bonds is 16. The lowest BCUT2D eigenvalue weighted by atomic mass is 9.91. The molecule has 5 N–H and O–H groups in total. The van der Waals surface area contributed by atoms with Crippen LogP contribution in [0.25, 0.3) is 0 Å². The van der Waals surface area contributed by atoms with Gasteiger partial charge in [-0.2, -0.15) is 0 Å².